The second-order valence-corrected chi connectivity index (χ2v) is 5.91. The van der Waals surface area contributed by atoms with E-state index in [1.807, 2.05) is 0 Å². The van der Waals surface area contributed by atoms with Gasteiger partial charge in [-0.15, -0.1) is 0 Å². The van der Waals surface area contributed by atoms with E-state index in [2.05, 4.69) is 10.6 Å². The van der Waals surface area contributed by atoms with Gasteiger partial charge < -0.3 is 20.2 Å². The van der Waals surface area contributed by atoms with Crippen molar-refractivity contribution in [2.45, 2.75) is 6.10 Å². The van der Waals surface area contributed by atoms with Crippen LogP contribution < -0.4 is 10.6 Å². The Bertz CT molecular complexity index is 972. The van der Waals surface area contributed by atoms with E-state index in [9.17, 15) is 23.5 Å². The highest BCUT2D eigenvalue weighted by Gasteiger charge is 2.17. The Hall–Kier alpha value is -3.52. The third-order valence-electron chi connectivity index (χ3n) is 3.94. The molecule has 0 saturated carbocycles. The number of carbonyl (C=O) groups excluding carboxylic acids is 2. The molecule has 0 aliphatic heterocycles. The maximum Gasteiger partial charge on any atom is 0.313 e. The topological polar surface area (TPSA) is 91.6 Å². The number of halogens is 2. The van der Waals surface area contributed by atoms with Gasteiger partial charge in [0.2, 0.25) is 0 Å². The van der Waals surface area contributed by atoms with E-state index < -0.39 is 29.6 Å². The number of aliphatic hydroxyl groups excluding tert-OH is 1. The fourth-order valence-corrected chi connectivity index (χ4v) is 2.46. The van der Waals surface area contributed by atoms with Crippen LogP contribution >= 0.6 is 0 Å². The molecule has 8 heteroatoms. The molecule has 0 aliphatic rings. The normalized spacial score (nSPS) is 11.7. The van der Waals surface area contributed by atoms with Gasteiger partial charge in [-0.3, -0.25) is 9.59 Å². The minimum Gasteiger partial charge on any atom is -0.464 e. The van der Waals surface area contributed by atoms with Gasteiger partial charge in [-0.2, -0.15) is 0 Å². The fourth-order valence-electron chi connectivity index (χ4n) is 2.46. The van der Waals surface area contributed by atoms with Crippen LogP contribution in [-0.4, -0.2) is 23.5 Å². The molecule has 3 N–H and O–H groups in total. The maximum atomic E-state index is 13.1. The summed E-state index contributed by atoms with van der Waals surface area (Å²) in [6, 6.07) is 13.2. The minimum absolute atomic E-state index is 0.0619. The van der Waals surface area contributed by atoms with Crippen LogP contribution in [0, 0.1) is 11.6 Å². The van der Waals surface area contributed by atoms with Crippen molar-refractivity contribution in [2.75, 3.05) is 11.9 Å². The summed E-state index contributed by atoms with van der Waals surface area (Å²) in [5, 5.41) is 14.6. The van der Waals surface area contributed by atoms with Crippen LogP contribution in [0.1, 0.15) is 11.7 Å². The minimum atomic E-state index is -1.15. The van der Waals surface area contributed by atoms with Gasteiger partial charge in [0.05, 0.1) is 12.4 Å². The van der Waals surface area contributed by atoms with Gasteiger partial charge in [-0.1, -0.05) is 24.3 Å². The highest BCUT2D eigenvalue weighted by Crippen LogP contribution is 2.22. The van der Waals surface area contributed by atoms with Crippen molar-refractivity contribution in [2.24, 2.45) is 0 Å². The Morgan fingerprint density at radius 1 is 1.00 bits per heavy atom. The third kappa shape index (κ3) is 4.60. The van der Waals surface area contributed by atoms with Crippen LogP contribution in [0.15, 0.2) is 65.3 Å². The number of benzene rings is 2. The van der Waals surface area contributed by atoms with Crippen molar-refractivity contribution in [1.82, 2.24) is 5.32 Å². The van der Waals surface area contributed by atoms with Crippen LogP contribution in [0.4, 0.5) is 14.5 Å². The van der Waals surface area contributed by atoms with E-state index in [1.165, 1.54) is 0 Å². The molecule has 1 heterocycles. The molecule has 0 saturated heterocycles. The highest BCUT2D eigenvalue weighted by molar-refractivity contribution is 6.39. The molecule has 0 aliphatic carbocycles. The van der Waals surface area contributed by atoms with Gasteiger partial charge in [0.1, 0.15) is 5.76 Å². The number of carbonyl (C=O) groups is 2. The van der Waals surface area contributed by atoms with Crippen molar-refractivity contribution in [1.29, 1.82) is 0 Å². The van der Waals surface area contributed by atoms with Crippen molar-refractivity contribution in [3.05, 3.63) is 78.1 Å². The predicted molar refractivity (Wildman–Crippen MR) is 97.1 cm³/mol. The van der Waals surface area contributed by atoms with E-state index in [0.717, 1.165) is 23.8 Å². The van der Waals surface area contributed by atoms with Crippen LogP contribution in [0.25, 0.3) is 11.3 Å². The van der Waals surface area contributed by atoms with Gasteiger partial charge in [-0.25, -0.2) is 8.78 Å². The SMILES string of the molecule is O=C(NCC(O)c1ccc(-c2ccco2)cc1)C(=O)Nc1ccc(F)c(F)c1. The lowest BCUT2D eigenvalue weighted by atomic mass is 10.1. The Kier molecular flexibility index (Phi) is 5.81. The summed E-state index contributed by atoms with van der Waals surface area (Å²) in [5.74, 6) is -3.61. The number of anilines is 1. The molecule has 0 fully saturated rings. The van der Waals surface area contributed by atoms with Crippen molar-refractivity contribution in [3.8, 4) is 11.3 Å². The molecule has 1 atom stereocenters. The quantitative estimate of drug-likeness (QED) is 0.588. The molecular formula is C20H16F2N2O4. The number of nitrogens with one attached hydrogen (secondary N) is 2. The Labute approximate surface area is 158 Å². The van der Waals surface area contributed by atoms with E-state index in [-0.39, 0.29) is 12.2 Å². The lowest BCUT2D eigenvalue weighted by molar-refractivity contribution is -0.136. The average Bonchev–Trinajstić information content (AvgIpc) is 3.23. The lowest BCUT2D eigenvalue weighted by Gasteiger charge is -2.13. The maximum absolute atomic E-state index is 13.1. The molecule has 0 radical (unpaired) electrons. The fraction of sp³-hybridized carbons (Fsp3) is 0.100. The predicted octanol–water partition coefficient (Wildman–Crippen LogP) is 3.01. The summed E-state index contributed by atoms with van der Waals surface area (Å²) in [6.45, 7) is -0.204. The first kappa shape index (κ1) is 19.2. The first-order chi connectivity index (χ1) is 13.4. The summed E-state index contributed by atoms with van der Waals surface area (Å²) in [4.78, 5) is 23.6. The molecule has 3 aromatic rings. The second kappa shape index (κ2) is 8.45. The van der Waals surface area contributed by atoms with Gasteiger partial charge in [0.25, 0.3) is 0 Å². The number of hydrogen-bond donors (Lipinski definition) is 3. The number of rotatable bonds is 5. The van der Waals surface area contributed by atoms with Gasteiger partial charge >= 0.3 is 11.8 Å². The molecule has 0 spiro atoms. The highest BCUT2D eigenvalue weighted by atomic mass is 19.2. The van der Waals surface area contributed by atoms with E-state index in [4.69, 9.17) is 4.42 Å². The van der Waals surface area contributed by atoms with E-state index >= 15 is 0 Å². The first-order valence-electron chi connectivity index (χ1n) is 8.30. The van der Waals surface area contributed by atoms with Crippen LogP contribution in [0.3, 0.4) is 0 Å². The van der Waals surface area contributed by atoms with Crippen molar-refractivity contribution in [3.63, 3.8) is 0 Å². The lowest BCUT2D eigenvalue weighted by Crippen LogP contribution is -2.37. The summed E-state index contributed by atoms with van der Waals surface area (Å²) >= 11 is 0. The molecule has 28 heavy (non-hydrogen) atoms. The summed E-state index contributed by atoms with van der Waals surface area (Å²) < 4.78 is 31.3. The van der Waals surface area contributed by atoms with Gasteiger partial charge in [-0.05, 0) is 29.8 Å². The third-order valence-corrected chi connectivity index (χ3v) is 3.94. The van der Waals surface area contributed by atoms with Crippen LogP contribution in [0.5, 0.6) is 0 Å². The zero-order valence-corrected chi connectivity index (χ0v) is 14.5. The molecule has 2 amide bonds. The Morgan fingerprint density at radius 3 is 2.39 bits per heavy atom. The van der Waals surface area contributed by atoms with Crippen LogP contribution in [0.2, 0.25) is 0 Å². The molecule has 3 rings (SSSR count). The second-order valence-electron chi connectivity index (χ2n) is 5.91. The standard InChI is InChI=1S/C20H16F2N2O4/c21-15-8-7-14(10-16(15)22)24-20(27)19(26)23-11-17(25)12-3-5-13(6-4-12)18-2-1-9-28-18/h1-10,17,25H,11H2,(H,23,26)(H,24,27). The molecule has 6 nitrogen and oxygen atoms in total. The summed E-state index contributed by atoms with van der Waals surface area (Å²) in [6.07, 6.45) is 0.518. The smallest absolute Gasteiger partial charge is 0.313 e. The van der Waals surface area contributed by atoms with Crippen molar-refractivity contribution < 1.29 is 27.9 Å². The molecule has 144 valence electrons. The van der Waals surface area contributed by atoms with E-state index in [1.54, 1.807) is 42.7 Å². The molecule has 1 unspecified atom stereocenters. The zero-order valence-electron chi connectivity index (χ0n) is 14.5. The number of furan rings is 1. The number of amides is 2. The van der Waals surface area contributed by atoms with E-state index in [0.29, 0.717) is 11.3 Å². The Balaban J connectivity index is 1.53. The van der Waals surface area contributed by atoms with Crippen molar-refractivity contribution >= 4 is 17.5 Å². The average molecular weight is 386 g/mol. The van der Waals surface area contributed by atoms with Crippen LogP contribution in [-0.2, 0) is 9.59 Å². The number of hydrogen-bond acceptors (Lipinski definition) is 4. The zero-order chi connectivity index (χ0) is 20.1. The largest absolute Gasteiger partial charge is 0.464 e. The van der Waals surface area contributed by atoms with Gasteiger partial charge in [0, 0.05) is 23.9 Å². The summed E-state index contributed by atoms with van der Waals surface area (Å²) in [5.41, 5.74) is 1.31. The molecular weight excluding hydrogens is 370 g/mol. The first-order valence-corrected chi connectivity index (χ1v) is 8.30. The number of aliphatic hydroxyl groups is 1. The monoisotopic (exact) mass is 386 g/mol. The molecule has 1 aromatic heterocycles. The van der Waals surface area contributed by atoms with Gasteiger partial charge in [0.15, 0.2) is 11.6 Å². The summed E-state index contributed by atoms with van der Waals surface area (Å²) in [7, 11) is 0. The Morgan fingerprint density at radius 2 is 1.75 bits per heavy atom. The molecule has 0 bridgehead atoms. The molecule has 2 aromatic carbocycles.